The highest BCUT2D eigenvalue weighted by Crippen LogP contribution is 1.93. The van der Waals surface area contributed by atoms with Crippen molar-refractivity contribution in [2.45, 2.75) is 19.4 Å². The van der Waals surface area contributed by atoms with Crippen LogP contribution in [0.5, 0.6) is 0 Å². The molecule has 1 heterocycles. The smallest absolute Gasteiger partial charge is 0.124 e. The van der Waals surface area contributed by atoms with Gasteiger partial charge in [0, 0.05) is 12.6 Å². The predicted molar refractivity (Wildman–Crippen MR) is 47.6 cm³/mol. The van der Waals surface area contributed by atoms with E-state index in [1.165, 1.54) is 0 Å². The van der Waals surface area contributed by atoms with E-state index >= 15 is 0 Å². The molecule has 0 aromatic carbocycles. The lowest BCUT2D eigenvalue weighted by molar-refractivity contribution is 0.408. The first kappa shape index (κ1) is 9.00. The Hall–Kier alpha value is -1.09. The number of nitrogens with zero attached hydrogens (tertiary/aromatic N) is 1. The highest BCUT2D eigenvalue weighted by atomic mass is 16.5. The van der Waals surface area contributed by atoms with Gasteiger partial charge >= 0.3 is 0 Å². The van der Waals surface area contributed by atoms with E-state index in [0.717, 1.165) is 31.6 Å². The van der Waals surface area contributed by atoms with Gasteiger partial charge in [-0.2, -0.15) is 0 Å². The maximum atomic E-state index is 4.69. The first-order valence-electron chi connectivity index (χ1n) is 4.14. The summed E-state index contributed by atoms with van der Waals surface area (Å²) in [6.07, 6.45) is 5.70. The summed E-state index contributed by atoms with van der Waals surface area (Å²) >= 11 is 0. The van der Waals surface area contributed by atoms with Crippen molar-refractivity contribution < 1.29 is 4.52 Å². The van der Waals surface area contributed by atoms with Crippen LogP contribution >= 0.6 is 0 Å². The molecule has 66 valence electrons. The molecule has 3 heteroatoms. The van der Waals surface area contributed by atoms with E-state index in [1.54, 1.807) is 6.26 Å². The molecule has 0 amide bonds. The van der Waals surface area contributed by atoms with Gasteiger partial charge in [-0.15, -0.1) is 6.58 Å². The van der Waals surface area contributed by atoms with Gasteiger partial charge in [-0.1, -0.05) is 11.2 Å². The van der Waals surface area contributed by atoms with Crippen LogP contribution in [-0.2, 0) is 6.54 Å². The topological polar surface area (TPSA) is 38.1 Å². The van der Waals surface area contributed by atoms with Crippen molar-refractivity contribution in [3.63, 3.8) is 0 Å². The van der Waals surface area contributed by atoms with Crippen molar-refractivity contribution >= 4 is 0 Å². The molecule has 0 atom stereocenters. The monoisotopic (exact) mass is 166 g/mol. The quantitative estimate of drug-likeness (QED) is 0.516. The van der Waals surface area contributed by atoms with Crippen LogP contribution in [0.2, 0.25) is 0 Å². The summed E-state index contributed by atoms with van der Waals surface area (Å²) in [5.74, 6) is 0. The van der Waals surface area contributed by atoms with Crippen LogP contribution in [0.25, 0.3) is 0 Å². The summed E-state index contributed by atoms with van der Waals surface area (Å²) in [7, 11) is 0. The molecule has 0 saturated carbocycles. The summed E-state index contributed by atoms with van der Waals surface area (Å²) < 4.78 is 4.69. The predicted octanol–water partition coefficient (Wildman–Crippen LogP) is 1.73. The first-order valence-corrected chi connectivity index (χ1v) is 4.14. The molecular weight excluding hydrogens is 152 g/mol. The maximum absolute atomic E-state index is 4.69. The van der Waals surface area contributed by atoms with Gasteiger partial charge in [0.25, 0.3) is 0 Å². The van der Waals surface area contributed by atoms with E-state index in [2.05, 4.69) is 21.6 Å². The number of allylic oxidation sites excluding steroid dienone is 1. The van der Waals surface area contributed by atoms with Crippen LogP contribution in [0.15, 0.2) is 29.5 Å². The Kier molecular flexibility index (Phi) is 4.16. The van der Waals surface area contributed by atoms with E-state index in [4.69, 9.17) is 0 Å². The number of hydrogen-bond donors (Lipinski definition) is 1. The standard InChI is InChI=1S/C9H14N2O/c1-2-3-4-6-10-8-9-5-7-12-11-9/h2,5,7,10H,1,3-4,6,8H2. The largest absolute Gasteiger partial charge is 0.364 e. The Balaban J connectivity index is 2.00. The Morgan fingerprint density at radius 1 is 1.67 bits per heavy atom. The SMILES string of the molecule is C=CCCCNCc1ccon1. The molecular formula is C9H14N2O. The Bertz CT molecular complexity index is 206. The van der Waals surface area contributed by atoms with Crippen molar-refractivity contribution in [3.05, 3.63) is 30.7 Å². The molecule has 0 aliphatic carbocycles. The van der Waals surface area contributed by atoms with Gasteiger partial charge in [0.15, 0.2) is 0 Å². The molecule has 0 spiro atoms. The lowest BCUT2D eigenvalue weighted by Gasteiger charge is -1.98. The van der Waals surface area contributed by atoms with Gasteiger partial charge in [-0.3, -0.25) is 0 Å². The second-order valence-electron chi connectivity index (χ2n) is 2.60. The van der Waals surface area contributed by atoms with Crippen LogP contribution in [0.1, 0.15) is 18.5 Å². The summed E-state index contributed by atoms with van der Waals surface area (Å²) in [4.78, 5) is 0. The minimum atomic E-state index is 0.785. The molecule has 12 heavy (non-hydrogen) atoms. The molecule has 1 rings (SSSR count). The van der Waals surface area contributed by atoms with Gasteiger partial charge in [-0.25, -0.2) is 0 Å². The number of hydrogen-bond acceptors (Lipinski definition) is 3. The fraction of sp³-hybridized carbons (Fsp3) is 0.444. The third kappa shape index (κ3) is 3.34. The van der Waals surface area contributed by atoms with Crippen molar-refractivity contribution in [3.8, 4) is 0 Å². The normalized spacial score (nSPS) is 10.0. The number of aromatic nitrogens is 1. The lowest BCUT2D eigenvalue weighted by Crippen LogP contribution is -2.14. The van der Waals surface area contributed by atoms with Gasteiger partial charge in [-0.05, 0) is 19.4 Å². The molecule has 0 saturated heterocycles. The van der Waals surface area contributed by atoms with Crippen molar-refractivity contribution in [1.29, 1.82) is 0 Å². The van der Waals surface area contributed by atoms with Crippen molar-refractivity contribution in [2.75, 3.05) is 6.54 Å². The molecule has 0 bridgehead atoms. The number of nitrogens with one attached hydrogen (secondary N) is 1. The molecule has 1 aromatic rings. The summed E-state index contributed by atoms with van der Waals surface area (Å²) in [5.41, 5.74) is 0.952. The maximum Gasteiger partial charge on any atom is 0.124 e. The van der Waals surface area contributed by atoms with E-state index in [0.29, 0.717) is 0 Å². The average molecular weight is 166 g/mol. The van der Waals surface area contributed by atoms with Crippen LogP contribution in [-0.4, -0.2) is 11.7 Å². The van der Waals surface area contributed by atoms with Gasteiger partial charge in [0.05, 0.1) is 5.69 Å². The molecule has 0 unspecified atom stereocenters. The fourth-order valence-electron chi connectivity index (χ4n) is 0.917. The van der Waals surface area contributed by atoms with Crippen LogP contribution in [0.4, 0.5) is 0 Å². The van der Waals surface area contributed by atoms with E-state index in [1.807, 2.05) is 12.1 Å². The van der Waals surface area contributed by atoms with E-state index in [9.17, 15) is 0 Å². The minimum absolute atomic E-state index is 0.785. The Morgan fingerprint density at radius 3 is 3.25 bits per heavy atom. The van der Waals surface area contributed by atoms with Crippen LogP contribution < -0.4 is 5.32 Å². The second kappa shape index (κ2) is 5.55. The van der Waals surface area contributed by atoms with Crippen LogP contribution in [0, 0.1) is 0 Å². The molecule has 0 aliphatic rings. The third-order valence-corrected chi connectivity index (χ3v) is 1.56. The molecule has 0 aliphatic heterocycles. The zero-order valence-corrected chi connectivity index (χ0v) is 7.12. The molecule has 1 aromatic heterocycles. The molecule has 1 N–H and O–H groups in total. The second-order valence-corrected chi connectivity index (χ2v) is 2.60. The third-order valence-electron chi connectivity index (χ3n) is 1.56. The average Bonchev–Trinajstić information content (AvgIpc) is 2.57. The van der Waals surface area contributed by atoms with Crippen molar-refractivity contribution in [1.82, 2.24) is 10.5 Å². The molecule has 0 fully saturated rings. The molecule has 0 radical (unpaired) electrons. The van der Waals surface area contributed by atoms with E-state index < -0.39 is 0 Å². The first-order chi connectivity index (χ1) is 5.93. The van der Waals surface area contributed by atoms with Gasteiger partial charge < -0.3 is 9.84 Å². The summed E-state index contributed by atoms with van der Waals surface area (Å²) in [5, 5.41) is 7.03. The van der Waals surface area contributed by atoms with E-state index in [-0.39, 0.29) is 0 Å². The summed E-state index contributed by atoms with van der Waals surface area (Å²) in [6, 6.07) is 1.86. The Morgan fingerprint density at radius 2 is 2.58 bits per heavy atom. The minimum Gasteiger partial charge on any atom is -0.364 e. The lowest BCUT2D eigenvalue weighted by atomic mass is 10.3. The highest BCUT2D eigenvalue weighted by molar-refractivity contribution is 4.93. The molecule has 3 nitrogen and oxygen atoms in total. The van der Waals surface area contributed by atoms with Gasteiger partial charge in [0.1, 0.15) is 6.26 Å². The number of unbranched alkanes of at least 4 members (excludes halogenated alkanes) is 1. The summed E-state index contributed by atoms with van der Waals surface area (Å²) in [6.45, 7) is 5.44. The zero-order valence-electron chi connectivity index (χ0n) is 7.12. The zero-order chi connectivity index (χ0) is 8.65. The highest BCUT2D eigenvalue weighted by Gasteiger charge is 1.93. The fourth-order valence-corrected chi connectivity index (χ4v) is 0.917. The number of rotatable bonds is 6. The van der Waals surface area contributed by atoms with Crippen LogP contribution in [0.3, 0.4) is 0 Å². The Labute approximate surface area is 72.4 Å². The van der Waals surface area contributed by atoms with Crippen molar-refractivity contribution in [2.24, 2.45) is 0 Å². The van der Waals surface area contributed by atoms with Gasteiger partial charge in [0.2, 0.25) is 0 Å².